The summed E-state index contributed by atoms with van der Waals surface area (Å²) in [6.45, 7) is 0.910. The van der Waals surface area contributed by atoms with Crippen molar-refractivity contribution in [3.63, 3.8) is 0 Å². The Morgan fingerprint density at radius 2 is 2.16 bits per heavy atom. The molecular weight excluding hydrogens is 242 g/mol. The van der Waals surface area contributed by atoms with E-state index < -0.39 is 11.5 Å². The van der Waals surface area contributed by atoms with Gasteiger partial charge in [-0.3, -0.25) is 4.79 Å². The molecule has 5 nitrogen and oxygen atoms in total. The van der Waals surface area contributed by atoms with Gasteiger partial charge in [0, 0.05) is 24.7 Å². The van der Waals surface area contributed by atoms with Crippen LogP contribution in [-0.2, 0) is 4.79 Å². The van der Waals surface area contributed by atoms with Crippen molar-refractivity contribution >= 4 is 22.6 Å². The molecule has 1 aromatic heterocycles. The number of pyridine rings is 1. The number of nitrogens with zero attached hydrogens (tertiary/aromatic N) is 2. The van der Waals surface area contributed by atoms with E-state index in [2.05, 4.69) is 4.98 Å². The van der Waals surface area contributed by atoms with E-state index in [1.807, 2.05) is 35.2 Å². The van der Waals surface area contributed by atoms with Gasteiger partial charge in [0.25, 0.3) is 0 Å². The fourth-order valence-electron chi connectivity index (χ4n) is 2.54. The summed E-state index contributed by atoms with van der Waals surface area (Å²) in [6, 6.07) is 9.89. The number of fused-ring (bicyclic) bond motifs is 1. The molecule has 0 aliphatic carbocycles. The highest BCUT2D eigenvalue weighted by molar-refractivity contribution is 5.92. The second kappa shape index (κ2) is 4.20. The minimum atomic E-state index is -1.17. The summed E-state index contributed by atoms with van der Waals surface area (Å²) in [5.41, 5.74) is 4.74. The van der Waals surface area contributed by atoms with Crippen LogP contribution < -0.4 is 10.6 Å². The third-order valence-electron chi connectivity index (χ3n) is 3.68. The molecule has 5 heteroatoms. The van der Waals surface area contributed by atoms with Crippen LogP contribution in [0.1, 0.15) is 6.42 Å². The molecule has 19 heavy (non-hydrogen) atoms. The van der Waals surface area contributed by atoms with Gasteiger partial charge in [0.2, 0.25) is 0 Å². The Bertz CT molecular complexity index is 638. The summed E-state index contributed by atoms with van der Waals surface area (Å²) >= 11 is 0. The lowest BCUT2D eigenvalue weighted by molar-refractivity contribution is -0.142. The highest BCUT2D eigenvalue weighted by atomic mass is 16.4. The molecule has 1 aromatic carbocycles. The normalized spacial score (nSPS) is 22.9. The van der Waals surface area contributed by atoms with Gasteiger partial charge in [-0.05, 0) is 17.9 Å². The standard InChI is InChI=1S/C14H15N3O2/c15-14(13(18)19)6-8-17(9-14)12-11-4-2-1-3-10(11)5-7-16-12/h1-5,7H,6,8-9,15H2,(H,18,19). The fraction of sp³-hybridized carbons (Fsp3) is 0.286. The van der Waals surface area contributed by atoms with Gasteiger partial charge in [-0.15, -0.1) is 0 Å². The second-order valence-electron chi connectivity index (χ2n) is 4.99. The van der Waals surface area contributed by atoms with E-state index in [0.717, 1.165) is 16.6 Å². The van der Waals surface area contributed by atoms with Crippen molar-refractivity contribution in [1.29, 1.82) is 0 Å². The van der Waals surface area contributed by atoms with Crippen LogP contribution in [0.5, 0.6) is 0 Å². The lowest BCUT2D eigenvalue weighted by Gasteiger charge is -2.21. The third-order valence-corrected chi connectivity index (χ3v) is 3.68. The Morgan fingerprint density at radius 1 is 1.37 bits per heavy atom. The summed E-state index contributed by atoms with van der Waals surface area (Å²) in [6.07, 6.45) is 2.18. The van der Waals surface area contributed by atoms with Crippen molar-refractivity contribution in [2.45, 2.75) is 12.0 Å². The minimum Gasteiger partial charge on any atom is -0.480 e. The van der Waals surface area contributed by atoms with Crippen molar-refractivity contribution < 1.29 is 9.90 Å². The molecule has 2 aromatic rings. The number of aromatic nitrogens is 1. The molecule has 1 atom stereocenters. The predicted octanol–water partition coefficient (Wildman–Crippen LogP) is 1.23. The Labute approximate surface area is 110 Å². The molecule has 0 spiro atoms. The van der Waals surface area contributed by atoms with E-state index in [1.54, 1.807) is 6.20 Å². The van der Waals surface area contributed by atoms with Gasteiger partial charge in [0.15, 0.2) is 0 Å². The zero-order valence-corrected chi connectivity index (χ0v) is 10.4. The number of benzene rings is 1. The molecule has 0 bridgehead atoms. The summed E-state index contributed by atoms with van der Waals surface area (Å²) in [4.78, 5) is 17.5. The Morgan fingerprint density at radius 3 is 2.89 bits per heavy atom. The average Bonchev–Trinajstić information content (AvgIpc) is 2.82. The monoisotopic (exact) mass is 257 g/mol. The Kier molecular flexibility index (Phi) is 2.64. The number of nitrogens with two attached hydrogens (primary N) is 1. The predicted molar refractivity (Wildman–Crippen MR) is 73.1 cm³/mol. The largest absolute Gasteiger partial charge is 0.480 e. The van der Waals surface area contributed by atoms with Crippen molar-refractivity contribution in [3.05, 3.63) is 36.5 Å². The van der Waals surface area contributed by atoms with Crippen LogP contribution >= 0.6 is 0 Å². The fourth-order valence-corrected chi connectivity index (χ4v) is 2.54. The molecule has 2 heterocycles. The molecule has 3 N–H and O–H groups in total. The first-order valence-corrected chi connectivity index (χ1v) is 6.21. The molecule has 0 saturated carbocycles. The van der Waals surface area contributed by atoms with Crippen LogP contribution in [0.25, 0.3) is 10.8 Å². The van der Waals surface area contributed by atoms with E-state index in [-0.39, 0.29) is 0 Å². The number of carboxylic acid groups (broad SMARTS) is 1. The summed E-state index contributed by atoms with van der Waals surface area (Å²) in [7, 11) is 0. The Hall–Kier alpha value is -2.14. The quantitative estimate of drug-likeness (QED) is 0.845. The van der Waals surface area contributed by atoms with Gasteiger partial charge in [-0.2, -0.15) is 0 Å². The summed E-state index contributed by atoms with van der Waals surface area (Å²) in [5, 5.41) is 11.3. The van der Waals surface area contributed by atoms with Crippen molar-refractivity contribution in [1.82, 2.24) is 4.98 Å². The highest BCUT2D eigenvalue weighted by Gasteiger charge is 2.42. The number of hydrogen-bond acceptors (Lipinski definition) is 4. The van der Waals surface area contributed by atoms with E-state index in [0.29, 0.717) is 19.5 Å². The zero-order valence-electron chi connectivity index (χ0n) is 10.4. The average molecular weight is 257 g/mol. The van der Waals surface area contributed by atoms with Gasteiger partial charge >= 0.3 is 5.97 Å². The number of carboxylic acids is 1. The third kappa shape index (κ3) is 1.92. The van der Waals surface area contributed by atoms with Gasteiger partial charge in [-0.25, -0.2) is 4.98 Å². The molecule has 1 unspecified atom stereocenters. The molecule has 0 radical (unpaired) electrons. The minimum absolute atomic E-state index is 0.295. The summed E-state index contributed by atoms with van der Waals surface area (Å²) < 4.78 is 0. The SMILES string of the molecule is NC1(C(=O)O)CCN(c2nccc3ccccc23)C1. The maximum absolute atomic E-state index is 11.2. The summed E-state index contributed by atoms with van der Waals surface area (Å²) in [5.74, 6) is -0.137. The molecule has 3 rings (SSSR count). The lowest BCUT2D eigenvalue weighted by Crippen LogP contribution is -2.50. The highest BCUT2D eigenvalue weighted by Crippen LogP contribution is 2.29. The lowest BCUT2D eigenvalue weighted by atomic mass is 10.0. The van der Waals surface area contributed by atoms with Gasteiger partial charge in [0.1, 0.15) is 11.4 Å². The first-order chi connectivity index (χ1) is 9.10. The zero-order chi connectivity index (χ0) is 13.5. The smallest absolute Gasteiger partial charge is 0.325 e. The maximum atomic E-state index is 11.2. The molecule has 0 amide bonds. The van der Waals surface area contributed by atoms with Gasteiger partial charge in [-0.1, -0.05) is 24.3 Å². The topological polar surface area (TPSA) is 79.5 Å². The molecule has 98 valence electrons. The number of anilines is 1. The molecule has 1 aliphatic rings. The number of hydrogen-bond donors (Lipinski definition) is 2. The first kappa shape index (κ1) is 11.9. The van der Waals surface area contributed by atoms with Crippen LogP contribution in [0.4, 0.5) is 5.82 Å². The van der Waals surface area contributed by atoms with Crippen LogP contribution in [0.2, 0.25) is 0 Å². The van der Waals surface area contributed by atoms with Gasteiger partial charge < -0.3 is 15.7 Å². The maximum Gasteiger partial charge on any atom is 0.325 e. The van der Waals surface area contributed by atoms with E-state index >= 15 is 0 Å². The van der Waals surface area contributed by atoms with E-state index in [9.17, 15) is 9.90 Å². The van der Waals surface area contributed by atoms with E-state index in [1.165, 1.54) is 0 Å². The van der Waals surface area contributed by atoms with Crippen LogP contribution in [0.3, 0.4) is 0 Å². The van der Waals surface area contributed by atoms with Crippen LogP contribution in [0.15, 0.2) is 36.5 Å². The van der Waals surface area contributed by atoms with Crippen LogP contribution in [0, 0.1) is 0 Å². The van der Waals surface area contributed by atoms with Crippen molar-refractivity contribution in [2.75, 3.05) is 18.0 Å². The van der Waals surface area contributed by atoms with Crippen molar-refractivity contribution in [2.24, 2.45) is 5.73 Å². The molecule has 1 saturated heterocycles. The number of rotatable bonds is 2. The number of aliphatic carboxylic acids is 1. The molecular formula is C14H15N3O2. The molecule has 1 fully saturated rings. The second-order valence-corrected chi connectivity index (χ2v) is 4.99. The first-order valence-electron chi connectivity index (χ1n) is 6.21. The van der Waals surface area contributed by atoms with Crippen molar-refractivity contribution in [3.8, 4) is 0 Å². The number of carbonyl (C=O) groups is 1. The molecule has 1 aliphatic heterocycles. The van der Waals surface area contributed by atoms with Gasteiger partial charge in [0.05, 0.1) is 0 Å². The Balaban J connectivity index is 2.01. The van der Waals surface area contributed by atoms with Crippen LogP contribution in [-0.4, -0.2) is 34.7 Å². The van der Waals surface area contributed by atoms with E-state index in [4.69, 9.17) is 5.73 Å².